The Labute approximate surface area is 125 Å². The first kappa shape index (κ1) is 13.8. The van der Waals surface area contributed by atoms with Crippen LogP contribution in [0.4, 0.5) is 5.13 Å². The third-order valence-electron chi connectivity index (χ3n) is 4.23. The van der Waals surface area contributed by atoms with E-state index in [1.54, 1.807) is 11.3 Å². The van der Waals surface area contributed by atoms with Crippen molar-refractivity contribution in [2.75, 3.05) is 25.5 Å². The molecular formula is C16H23N3S. The van der Waals surface area contributed by atoms with E-state index in [4.69, 9.17) is 0 Å². The monoisotopic (exact) mass is 289 g/mol. The lowest BCUT2D eigenvalue weighted by molar-refractivity contribution is 0.254. The van der Waals surface area contributed by atoms with Gasteiger partial charge in [0.15, 0.2) is 5.13 Å². The number of hydrogen-bond donors (Lipinski definition) is 1. The van der Waals surface area contributed by atoms with Crippen LogP contribution in [0.5, 0.6) is 0 Å². The molecule has 0 bridgehead atoms. The molecule has 0 aliphatic heterocycles. The number of hydrogen-bond acceptors (Lipinski definition) is 4. The maximum absolute atomic E-state index is 4.64. The van der Waals surface area contributed by atoms with Crippen molar-refractivity contribution < 1.29 is 0 Å². The molecule has 0 unspecified atom stereocenters. The van der Waals surface area contributed by atoms with Crippen molar-refractivity contribution >= 4 is 26.7 Å². The summed E-state index contributed by atoms with van der Waals surface area (Å²) in [6.45, 7) is 4.20. The number of aryl methyl sites for hydroxylation is 1. The second-order valence-electron chi connectivity index (χ2n) is 5.84. The van der Waals surface area contributed by atoms with Gasteiger partial charge in [-0.25, -0.2) is 4.98 Å². The highest BCUT2D eigenvalue weighted by Crippen LogP contribution is 2.26. The van der Waals surface area contributed by atoms with E-state index in [1.165, 1.54) is 35.9 Å². The topological polar surface area (TPSA) is 28.2 Å². The minimum Gasteiger partial charge on any atom is -0.360 e. The summed E-state index contributed by atoms with van der Waals surface area (Å²) in [5.74, 6) is 0. The van der Waals surface area contributed by atoms with Gasteiger partial charge in [0.1, 0.15) is 0 Å². The van der Waals surface area contributed by atoms with Crippen LogP contribution in [0.25, 0.3) is 10.2 Å². The Bertz CT molecular complexity index is 572. The van der Waals surface area contributed by atoms with Crippen molar-refractivity contribution in [1.82, 2.24) is 9.88 Å². The zero-order valence-corrected chi connectivity index (χ0v) is 13.2. The van der Waals surface area contributed by atoms with Crippen LogP contribution in [0.1, 0.15) is 31.2 Å². The number of rotatable bonds is 5. The summed E-state index contributed by atoms with van der Waals surface area (Å²) >= 11 is 1.75. The predicted molar refractivity (Wildman–Crippen MR) is 87.7 cm³/mol. The molecule has 0 atom stereocenters. The van der Waals surface area contributed by atoms with Crippen LogP contribution in [0.15, 0.2) is 18.2 Å². The first-order valence-corrected chi connectivity index (χ1v) is 8.35. The van der Waals surface area contributed by atoms with E-state index >= 15 is 0 Å². The first-order valence-electron chi connectivity index (χ1n) is 7.54. The second-order valence-corrected chi connectivity index (χ2v) is 6.87. The van der Waals surface area contributed by atoms with Crippen molar-refractivity contribution in [2.45, 2.75) is 38.6 Å². The summed E-state index contributed by atoms with van der Waals surface area (Å²) in [5.41, 5.74) is 2.40. The van der Waals surface area contributed by atoms with Crippen LogP contribution in [0.2, 0.25) is 0 Å². The fourth-order valence-electron chi connectivity index (χ4n) is 2.97. The molecular weight excluding hydrogens is 266 g/mol. The number of benzene rings is 1. The third kappa shape index (κ3) is 3.13. The quantitative estimate of drug-likeness (QED) is 0.905. The largest absolute Gasteiger partial charge is 0.360 e. The van der Waals surface area contributed by atoms with Gasteiger partial charge in [-0.1, -0.05) is 30.2 Å². The standard InChI is InChI=1S/C16H23N3S/c1-12-7-8-14-15(11-12)20-16(18-14)17-9-10-19(2)13-5-3-4-6-13/h7-8,11,13H,3-6,9-10H2,1-2H3,(H,17,18). The minimum atomic E-state index is 0.801. The van der Waals surface area contributed by atoms with E-state index in [0.29, 0.717) is 0 Å². The van der Waals surface area contributed by atoms with Gasteiger partial charge >= 0.3 is 0 Å². The SMILES string of the molecule is Cc1ccc2nc(NCCN(C)C3CCCC3)sc2c1. The molecule has 3 nitrogen and oxygen atoms in total. The highest BCUT2D eigenvalue weighted by atomic mass is 32.1. The van der Waals surface area contributed by atoms with Crippen LogP contribution in [-0.4, -0.2) is 36.1 Å². The highest BCUT2D eigenvalue weighted by molar-refractivity contribution is 7.22. The molecule has 108 valence electrons. The molecule has 1 aliphatic rings. The van der Waals surface area contributed by atoms with Gasteiger partial charge in [0.05, 0.1) is 10.2 Å². The van der Waals surface area contributed by atoms with Crippen LogP contribution in [0, 0.1) is 6.92 Å². The summed E-state index contributed by atoms with van der Waals surface area (Å²) < 4.78 is 1.27. The third-order valence-corrected chi connectivity index (χ3v) is 5.21. The Morgan fingerprint density at radius 3 is 2.95 bits per heavy atom. The summed E-state index contributed by atoms with van der Waals surface area (Å²) in [4.78, 5) is 7.13. The van der Waals surface area contributed by atoms with Crippen molar-refractivity contribution in [3.63, 3.8) is 0 Å². The van der Waals surface area contributed by atoms with E-state index in [2.05, 4.69) is 47.4 Å². The van der Waals surface area contributed by atoms with Gasteiger partial charge < -0.3 is 10.2 Å². The number of nitrogens with zero attached hydrogens (tertiary/aromatic N) is 2. The van der Waals surface area contributed by atoms with Gasteiger partial charge in [-0.2, -0.15) is 0 Å². The zero-order valence-electron chi connectivity index (χ0n) is 12.4. The van der Waals surface area contributed by atoms with Crippen molar-refractivity contribution in [1.29, 1.82) is 0 Å². The number of aromatic nitrogens is 1. The molecule has 1 saturated carbocycles. The average molecular weight is 289 g/mol. The van der Waals surface area contributed by atoms with Crippen molar-refractivity contribution in [3.05, 3.63) is 23.8 Å². The highest BCUT2D eigenvalue weighted by Gasteiger charge is 2.18. The molecule has 1 fully saturated rings. The van der Waals surface area contributed by atoms with E-state index in [1.807, 2.05) is 0 Å². The van der Waals surface area contributed by atoms with E-state index in [9.17, 15) is 0 Å². The minimum absolute atomic E-state index is 0.801. The second kappa shape index (κ2) is 6.10. The van der Waals surface area contributed by atoms with Gasteiger partial charge in [-0.15, -0.1) is 0 Å². The molecule has 0 saturated heterocycles. The lowest BCUT2D eigenvalue weighted by atomic mass is 10.2. The van der Waals surface area contributed by atoms with Gasteiger partial charge in [-0.3, -0.25) is 0 Å². The Kier molecular flexibility index (Phi) is 4.22. The van der Waals surface area contributed by atoms with Crippen molar-refractivity contribution in [3.8, 4) is 0 Å². The van der Waals surface area contributed by atoms with Crippen molar-refractivity contribution in [2.24, 2.45) is 0 Å². The lowest BCUT2D eigenvalue weighted by Gasteiger charge is -2.23. The maximum Gasteiger partial charge on any atom is 0.183 e. The zero-order chi connectivity index (χ0) is 13.9. The van der Waals surface area contributed by atoms with Crippen LogP contribution in [0.3, 0.4) is 0 Å². The fourth-order valence-corrected chi connectivity index (χ4v) is 3.96. The Morgan fingerprint density at radius 1 is 1.35 bits per heavy atom. The number of nitrogens with one attached hydrogen (secondary N) is 1. The predicted octanol–water partition coefficient (Wildman–Crippen LogP) is 3.89. The molecule has 0 amide bonds. The van der Waals surface area contributed by atoms with E-state index in [0.717, 1.165) is 29.8 Å². The molecule has 20 heavy (non-hydrogen) atoms. The fraction of sp³-hybridized carbons (Fsp3) is 0.562. The summed E-state index contributed by atoms with van der Waals surface area (Å²) in [7, 11) is 2.25. The van der Waals surface area contributed by atoms with Gasteiger partial charge in [0.25, 0.3) is 0 Å². The van der Waals surface area contributed by atoms with Crippen LogP contribution in [-0.2, 0) is 0 Å². The Morgan fingerprint density at radius 2 is 2.15 bits per heavy atom. The lowest BCUT2D eigenvalue weighted by Crippen LogP contribution is -2.33. The Hall–Kier alpha value is -1.13. The van der Waals surface area contributed by atoms with Crippen LogP contribution >= 0.6 is 11.3 Å². The summed E-state index contributed by atoms with van der Waals surface area (Å²) in [6, 6.07) is 7.24. The molecule has 1 aromatic carbocycles. The average Bonchev–Trinajstić information content (AvgIpc) is 3.06. The molecule has 1 aliphatic carbocycles. The van der Waals surface area contributed by atoms with Gasteiger partial charge in [0, 0.05) is 19.1 Å². The van der Waals surface area contributed by atoms with Crippen LogP contribution < -0.4 is 5.32 Å². The number of likely N-dealkylation sites (N-methyl/N-ethyl adjacent to an activating group) is 1. The van der Waals surface area contributed by atoms with Gasteiger partial charge in [0.2, 0.25) is 0 Å². The summed E-state index contributed by atoms with van der Waals surface area (Å²) in [5, 5.41) is 4.52. The number of fused-ring (bicyclic) bond motifs is 1. The molecule has 2 aromatic rings. The number of thiazole rings is 1. The molecule has 3 rings (SSSR count). The normalized spacial score (nSPS) is 16.4. The molecule has 1 N–H and O–H groups in total. The molecule has 1 aromatic heterocycles. The summed E-state index contributed by atoms with van der Waals surface area (Å²) in [6.07, 6.45) is 5.55. The first-order chi connectivity index (χ1) is 9.72. The van der Waals surface area contributed by atoms with Gasteiger partial charge in [-0.05, 0) is 44.5 Å². The molecule has 1 heterocycles. The van der Waals surface area contributed by atoms with E-state index in [-0.39, 0.29) is 0 Å². The molecule has 4 heteroatoms. The van der Waals surface area contributed by atoms with E-state index < -0.39 is 0 Å². The molecule has 0 spiro atoms. The smallest absolute Gasteiger partial charge is 0.183 e. The number of anilines is 1. The maximum atomic E-state index is 4.64. The Balaban J connectivity index is 1.54. The molecule has 0 radical (unpaired) electrons.